The van der Waals surface area contributed by atoms with Crippen molar-refractivity contribution >= 4 is 23.3 Å². The molecule has 47 heavy (non-hydrogen) atoms. The molecule has 2 heterocycles. The molecule has 4 aliphatic carbocycles. The number of hydrogen-bond donors (Lipinski definition) is 1. The molecule has 1 aromatic rings. The Hall–Kier alpha value is -3.57. The number of ketones is 3. The fourth-order valence-electron chi connectivity index (χ4n) is 10.2. The van der Waals surface area contributed by atoms with Crippen LogP contribution in [-0.4, -0.2) is 51.6 Å². The number of fused-ring (bicyclic) bond motifs is 5. The monoisotopic (exact) mass is 651 g/mol. The summed E-state index contributed by atoms with van der Waals surface area (Å²) in [5, 5.41) is 3.78. The minimum absolute atomic E-state index is 0.00473. The average molecular weight is 652 g/mol. The number of rotatable bonds is 8. The predicted octanol–water partition coefficient (Wildman–Crippen LogP) is 4.36. The van der Waals surface area contributed by atoms with Crippen LogP contribution in [0.15, 0.2) is 20.9 Å². The first-order valence-electron chi connectivity index (χ1n) is 17.0. The first-order chi connectivity index (χ1) is 22.3. The van der Waals surface area contributed by atoms with Crippen LogP contribution in [0.4, 0.5) is 0 Å². The van der Waals surface area contributed by atoms with Gasteiger partial charge >= 0.3 is 11.7 Å². The first-order valence-corrected chi connectivity index (χ1v) is 17.0. The highest BCUT2D eigenvalue weighted by Gasteiger charge is 2.66. The van der Waals surface area contributed by atoms with E-state index >= 15 is 0 Å². The molecule has 0 unspecified atom stereocenters. The van der Waals surface area contributed by atoms with Crippen LogP contribution in [0.25, 0.3) is 10.4 Å². The smallest absolute Gasteiger partial charge is 0.330 e. The minimum Gasteiger partial charge on any atom is -0.463 e. The Morgan fingerprint density at radius 2 is 1.94 bits per heavy atom. The highest BCUT2D eigenvalue weighted by atomic mass is 16.6. The second-order valence-electron chi connectivity index (χ2n) is 15.3. The lowest BCUT2D eigenvalue weighted by Gasteiger charge is -2.58. The summed E-state index contributed by atoms with van der Waals surface area (Å²) in [6, 6.07) is -0.679. The van der Waals surface area contributed by atoms with E-state index in [4.69, 9.17) is 15.0 Å². The van der Waals surface area contributed by atoms with Crippen molar-refractivity contribution in [2.75, 3.05) is 6.61 Å². The van der Waals surface area contributed by atoms with Crippen molar-refractivity contribution in [2.45, 2.75) is 110 Å². The van der Waals surface area contributed by atoms with Crippen molar-refractivity contribution in [3.05, 3.63) is 43.0 Å². The highest BCUT2D eigenvalue weighted by Crippen LogP contribution is 2.66. The van der Waals surface area contributed by atoms with Gasteiger partial charge in [0.2, 0.25) is 0 Å². The summed E-state index contributed by atoms with van der Waals surface area (Å²) in [6.45, 7) is 7.73. The number of H-pyrrole nitrogens is 1. The molecule has 0 radical (unpaired) electrons. The van der Waals surface area contributed by atoms with Crippen LogP contribution in [0.2, 0.25) is 0 Å². The van der Waals surface area contributed by atoms with Gasteiger partial charge in [0.1, 0.15) is 36.3 Å². The number of azide groups is 1. The molecule has 1 aromatic heterocycles. The van der Waals surface area contributed by atoms with Crippen LogP contribution in [0, 0.1) is 53.3 Å². The molecular formula is C34H45N5O8. The molecule has 4 saturated carbocycles. The molecule has 1 aliphatic heterocycles. The van der Waals surface area contributed by atoms with Crippen molar-refractivity contribution in [1.82, 2.24) is 9.55 Å². The van der Waals surface area contributed by atoms with E-state index in [0.717, 1.165) is 19.3 Å². The van der Waals surface area contributed by atoms with Crippen LogP contribution >= 0.6 is 0 Å². The first kappa shape index (κ1) is 33.3. The molecule has 1 N–H and O–H groups in total. The maximum Gasteiger partial charge on any atom is 0.330 e. The number of esters is 1. The van der Waals surface area contributed by atoms with Gasteiger partial charge in [-0.25, -0.2) is 4.79 Å². The van der Waals surface area contributed by atoms with Crippen molar-refractivity contribution in [2.24, 2.45) is 51.5 Å². The zero-order chi connectivity index (χ0) is 33.8. The Balaban J connectivity index is 1.07. The summed E-state index contributed by atoms with van der Waals surface area (Å²) < 4.78 is 12.7. The maximum absolute atomic E-state index is 14.1. The van der Waals surface area contributed by atoms with Crippen LogP contribution in [0.3, 0.4) is 0 Å². The number of aromatic nitrogens is 2. The van der Waals surface area contributed by atoms with E-state index in [1.54, 1.807) is 6.92 Å². The summed E-state index contributed by atoms with van der Waals surface area (Å²) >= 11 is 0. The topological polar surface area (TPSA) is 190 Å². The lowest BCUT2D eigenvalue weighted by molar-refractivity contribution is -0.166. The number of aryl methyl sites for hydroxylation is 1. The van der Waals surface area contributed by atoms with Crippen LogP contribution in [0.5, 0.6) is 0 Å². The molecule has 11 atom stereocenters. The maximum atomic E-state index is 14.1. The third-order valence-electron chi connectivity index (χ3n) is 13.0. The fourth-order valence-corrected chi connectivity index (χ4v) is 10.2. The van der Waals surface area contributed by atoms with Crippen LogP contribution in [0.1, 0.15) is 96.8 Å². The van der Waals surface area contributed by atoms with Gasteiger partial charge in [-0.3, -0.25) is 33.5 Å². The molecule has 5 aliphatic rings. The molecule has 0 amide bonds. The quantitative estimate of drug-likeness (QED) is 0.186. The van der Waals surface area contributed by atoms with Gasteiger partial charge in [0.05, 0.1) is 6.04 Å². The van der Waals surface area contributed by atoms with Crippen LogP contribution in [-0.2, 0) is 28.7 Å². The van der Waals surface area contributed by atoms with Gasteiger partial charge in [-0.2, -0.15) is 0 Å². The van der Waals surface area contributed by atoms with E-state index in [1.165, 1.54) is 10.8 Å². The van der Waals surface area contributed by atoms with E-state index < -0.39 is 41.0 Å². The third-order valence-corrected chi connectivity index (χ3v) is 13.0. The predicted molar refractivity (Wildman–Crippen MR) is 168 cm³/mol. The number of Topliss-reactive ketones (excluding diaryl/α,β-unsaturated/α-hetero) is 3. The third kappa shape index (κ3) is 5.69. The number of carbonyl (C=O) groups is 4. The van der Waals surface area contributed by atoms with E-state index in [0.29, 0.717) is 37.7 Å². The average Bonchev–Trinajstić information content (AvgIpc) is 3.59. The molecule has 254 valence electrons. The van der Waals surface area contributed by atoms with Gasteiger partial charge in [-0.1, -0.05) is 25.9 Å². The van der Waals surface area contributed by atoms with Crippen molar-refractivity contribution < 1.29 is 28.7 Å². The van der Waals surface area contributed by atoms with E-state index in [-0.39, 0.29) is 77.7 Å². The lowest BCUT2D eigenvalue weighted by atomic mass is 9.44. The van der Waals surface area contributed by atoms with Crippen molar-refractivity contribution in [1.29, 1.82) is 0 Å². The minimum atomic E-state index is -0.800. The molecule has 0 aromatic carbocycles. The van der Waals surface area contributed by atoms with Gasteiger partial charge in [0.15, 0.2) is 0 Å². The second-order valence-corrected chi connectivity index (χ2v) is 15.3. The molecule has 5 fully saturated rings. The number of hydrogen-bond acceptors (Lipinski definition) is 9. The van der Waals surface area contributed by atoms with E-state index in [9.17, 15) is 28.8 Å². The molecule has 0 spiro atoms. The summed E-state index contributed by atoms with van der Waals surface area (Å²) in [5.41, 5.74) is 7.45. The van der Waals surface area contributed by atoms with E-state index in [1.807, 2.05) is 6.92 Å². The Morgan fingerprint density at radius 1 is 1.17 bits per heavy atom. The SMILES string of the molecule is Cc1cn([C@H]2C[C@H](N=[N+]=[N-])[C@@H](COC(=O)CC[C@@H](C)[C@H]3CC[C@H]4[C@@H]5C(=O)C[C@@H]6CC(=O)CC[C@]6(C)[C@H]5CC(=O)[C@]34C)O2)c(=O)[nH]c1=O. The zero-order valence-corrected chi connectivity index (χ0v) is 27.6. The summed E-state index contributed by atoms with van der Waals surface area (Å²) in [7, 11) is 0. The molecular weight excluding hydrogens is 606 g/mol. The van der Waals surface area contributed by atoms with Crippen LogP contribution < -0.4 is 11.2 Å². The second kappa shape index (κ2) is 12.5. The molecule has 13 heteroatoms. The Labute approximate surface area is 272 Å². The zero-order valence-electron chi connectivity index (χ0n) is 27.6. The summed E-state index contributed by atoms with van der Waals surface area (Å²) in [4.78, 5) is 82.1. The largest absolute Gasteiger partial charge is 0.463 e. The highest BCUT2D eigenvalue weighted by molar-refractivity contribution is 5.93. The van der Waals surface area contributed by atoms with Crippen molar-refractivity contribution in [3.8, 4) is 0 Å². The lowest BCUT2D eigenvalue weighted by Crippen LogP contribution is -2.60. The molecule has 0 bridgehead atoms. The number of carbonyl (C=O) groups excluding carboxylic acids is 4. The molecule has 13 nitrogen and oxygen atoms in total. The molecule has 1 saturated heterocycles. The number of nitrogens with zero attached hydrogens (tertiary/aromatic N) is 4. The van der Waals surface area contributed by atoms with Gasteiger partial charge < -0.3 is 9.47 Å². The number of nitrogens with one attached hydrogen (secondary N) is 1. The van der Waals surface area contributed by atoms with Gasteiger partial charge in [-0.05, 0) is 73.1 Å². The van der Waals surface area contributed by atoms with E-state index in [2.05, 4.69) is 28.9 Å². The normalized spacial score (nSPS) is 38.6. The fraction of sp³-hybridized carbons (Fsp3) is 0.765. The number of ether oxygens (including phenoxy) is 2. The summed E-state index contributed by atoms with van der Waals surface area (Å²) in [5.74, 6) is 0.202. The van der Waals surface area contributed by atoms with Gasteiger partial charge in [0, 0.05) is 66.5 Å². The Bertz CT molecular complexity index is 1640. The summed E-state index contributed by atoms with van der Waals surface area (Å²) in [6.07, 6.45) is 4.84. The molecule has 6 rings (SSSR count). The number of aromatic amines is 1. The Kier molecular flexibility index (Phi) is 8.84. The Morgan fingerprint density at radius 3 is 2.68 bits per heavy atom. The van der Waals surface area contributed by atoms with Gasteiger partial charge in [-0.15, -0.1) is 0 Å². The van der Waals surface area contributed by atoms with Crippen molar-refractivity contribution in [3.63, 3.8) is 0 Å². The van der Waals surface area contributed by atoms with Gasteiger partial charge in [0.25, 0.3) is 5.56 Å². The standard InChI is InChI=1S/C34H45N5O8/c1-17(5-8-29(43)46-16-26-24(37-38-35)14-28(47-26)39-15-18(2)31(44)36-32(39)45)21-6-7-22-30-23(13-27(42)34(21,22)4)33(3)10-9-20(40)11-19(33)12-25(30)41/h15,17,19,21-24,26,28,30H,5-14,16H2,1-4H3,(H,36,44,45)/t17-,19+,21-,22+,23+,24+,26-,28-,30+,33+,34-/m1/s1.